The first-order chi connectivity index (χ1) is 9.64. The van der Waals surface area contributed by atoms with E-state index in [4.69, 9.17) is 10.5 Å². The molecule has 1 aromatic rings. The number of hydrogen-bond acceptors (Lipinski definition) is 3. The second kappa shape index (κ2) is 6.85. The Balaban J connectivity index is 2.92. The summed E-state index contributed by atoms with van der Waals surface area (Å²) in [5, 5.41) is 3.13. The molecule has 0 aliphatic heterocycles. The first kappa shape index (κ1) is 17.4. The Morgan fingerprint density at radius 1 is 1.33 bits per heavy atom. The number of hydrogen-bond donors (Lipinski definition) is 2. The molecule has 0 aromatic heterocycles. The van der Waals surface area contributed by atoms with Gasteiger partial charge in [-0.15, -0.1) is 0 Å². The molecule has 0 aliphatic carbocycles. The molecule has 4 nitrogen and oxygen atoms in total. The SMILES string of the molecule is CCC(Oc1c(F)cc(CNC(C)(C)C)cc1F)C(N)=O. The smallest absolute Gasteiger partial charge is 0.258 e. The summed E-state index contributed by atoms with van der Waals surface area (Å²) >= 11 is 0. The quantitative estimate of drug-likeness (QED) is 0.848. The van der Waals surface area contributed by atoms with Crippen molar-refractivity contribution in [2.45, 2.75) is 52.3 Å². The third-order valence-corrected chi connectivity index (χ3v) is 2.83. The largest absolute Gasteiger partial charge is 0.474 e. The fourth-order valence-corrected chi connectivity index (χ4v) is 1.68. The van der Waals surface area contributed by atoms with Crippen LogP contribution in [0.3, 0.4) is 0 Å². The Morgan fingerprint density at radius 2 is 1.86 bits per heavy atom. The molecule has 1 unspecified atom stereocenters. The van der Waals surface area contributed by atoms with Gasteiger partial charge in [0.15, 0.2) is 23.5 Å². The van der Waals surface area contributed by atoms with E-state index in [2.05, 4.69) is 5.32 Å². The Hall–Kier alpha value is -1.69. The van der Waals surface area contributed by atoms with E-state index in [0.29, 0.717) is 12.1 Å². The average Bonchev–Trinajstić information content (AvgIpc) is 2.34. The molecule has 0 aliphatic rings. The summed E-state index contributed by atoms with van der Waals surface area (Å²) in [5.74, 6) is -3.02. The van der Waals surface area contributed by atoms with Crippen LogP contribution in [0.1, 0.15) is 39.7 Å². The van der Waals surface area contributed by atoms with Crippen LogP contribution in [0.5, 0.6) is 5.75 Å². The Bertz CT molecular complexity index is 490. The van der Waals surface area contributed by atoms with Gasteiger partial charge in [-0.25, -0.2) is 8.78 Å². The maximum Gasteiger partial charge on any atom is 0.258 e. The molecule has 0 saturated heterocycles. The molecule has 1 atom stereocenters. The van der Waals surface area contributed by atoms with Gasteiger partial charge >= 0.3 is 0 Å². The number of benzene rings is 1. The Kier molecular flexibility index (Phi) is 5.66. The van der Waals surface area contributed by atoms with E-state index in [1.807, 2.05) is 20.8 Å². The fraction of sp³-hybridized carbons (Fsp3) is 0.533. The fourth-order valence-electron chi connectivity index (χ4n) is 1.68. The molecule has 0 radical (unpaired) electrons. The summed E-state index contributed by atoms with van der Waals surface area (Å²) < 4.78 is 32.9. The third-order valence-electron chi connectivity index (χ3n) is 2.83. The van der Waals surface area contributed by atoms with Crippen molar-refractivity contribution in [2.75, 3.05) is 0 Å². The van der Waals surface area contributed by atoms with E-state index < -0.39 is 29.4 Å². The van der Waals surface area contributed by atoms with Crippen molar-refractivity contribution in [2.24, 2.45) is 5.73 Å². The lowest BCUT2D eigenvalue weighted by Gasteiger charge is -2.21. The van der Waals surface area contributed by atoms with Crippen LogP contribution in [-0.4, -0.2) is 17.6 Å². The maximum absolute atomic E-state index is 13.9. The summed E-state index contributed by atoms with van der Waals surface area (Å²) in [6.45, 7) is 7.83. The van der Waals surface area contributed by atoms with Gasteiger partial charge in [0, 0.05) is 12.1 Å². The number of primary amides is 1. The number of carbonyl (C=O) groups is 1. The molecule has 1 aromatic carbocycles. The number of amides is 1. The van der Waals surface area contributed by atoms with Crippen molar-refractivity contribution in [1.82, 2.24) is 5.32 Å². The monoisotopic (exact) mass is 300 g/mol. The zero-order valence-electron chi connectivity index (χ0n) is 12.8. The number of halogens is 2. The lowest BCUT2D eigenvalue weighted by molar-refractivity contribution is -0.124. The molecule has 0 bridgehead atoms. The minimum absolute atomic E-state index is 0.165. The van der Waals surface area contributed by atoms with E-state index in [9.17, 15) is 13.6 Å². The van der Waals surface area contributed by atoms with Crippen LogP contribution < -0.4 is 15.8 Å². The van der Waals surface area contributed by atoms with Crippen LogP contribution in [0.15, 0.2) is 12.1 Å². The molecular formula is C15H22F2N2O2. The van der Waals surface area contributed by atoms with Gasteiger partial charge in [0.05, 0.1) is 0 Å². The predicted octanol–water partition coefficient (Wildman–Crippen LogP) is 2.50. The second-order valence-electron chi connectivity index (χ2n) is 5.91. The Labute approximate surface area is 123 Å². The summed E-state index contributed by atoms with van der Waals surface area (Å²) in [7, 11) is 0. The van der Waals surface area contributed by atoms with Crippen LogP contribution >= 0.6 is 0 Å². The molecule has 0 heterocycles. The zero-order valence-corrected chi connectivity index (χ0v) is 12.8. The molecule has 118 valence electrons. The van der Waals surface area contributed by atoms with Crippen molar-refractivity contribution in [3.8, 4) is 5.75 Å². The van der Waals surface area contributed by atoms with E-state index in [0.717, 1.165) is 0 Å². The number of nitrogens with two attached hydrogens (primary N) is 1. The number of rotatable bonds is 6. The van der Waals surface area contributed by atoms with Crippen LogP contribution in [0.25, 0.3) is 0 Å². The number of ether oxygens (including phenoxy) is 1. The van der Waals surface area contributed by atoms with E-state index in [1.54, 1.807) is 6.92 Å². The summed E-state index contributed by atoms with van der Waals surface area (Å²) in [6.07, 6.45) is -0.811. The van der Waals surface area contributed by atoms with Gasteiger partial charge in [-0.1, -0.05) is 6.92 Å². The highest BCUT2D eigenvalue weighted by Gasteiger charge is 2.21. The molecule has 0 saturated carbocycles. The summed E-state index contributed by atoms with van der Waals surface area (Å²) in [6, 6.07) is 2.37. The van der Waals surface area contributed by atoms with Crippen molar-refractivity contribution < 1.29 is 18.3 Å². The molecule has 3 N–H and O–H groups in total. The highest BCUT2D eigenvalue weighted by Crippen LogP contribution is 2.25. The van der Waals surface area contributed by atoms with Gasteiger partial charge in [-0.05, 0) is 44.9 Å². The van der Waals surface area contributed by atoms with E-state index in [-0.39, 0.29) is 12.0 Å². The van der Waals surface area contributed by atoms with Crippen LogP contribution in [0.4, 0.5) is 8.78 Å². The lowest BCUT2D eigenvalue weighted by atomic mass is 10.1. The predicted molar refractivity (Wildman–Crippen MR) is 76.9 cm³/mol. The van der Waals surface area contributed by atoms with Gasteiger partial charge in [0.1, 0.15) is 0 Å². The summed E-state index contributed by atoms with van der Waals surface area (Å²) in [5.41, 5.74) is 5.39. The van der Waals surface area contributed by atoms with Crippen molar-refractivity contribution in [1.29, 1.82) is 0 Å². The van der Waals surface area contributed by atoms with Crippen LogP contribution in [0, 0.1) is 11.6 Å². The molecular weight excluding hydrogens is 278 g/mol. The van der Waals surface area contributed by atoms with E-state index >= 15 is 0 Å². The Morgan fingerprint density at radius 3 is 2.24 bits per heavy atom. The second-order valence-corrected chi connectivity index (χ2v) is 5.91. The molecule has 6 heteroatoms. The highest BCUT2D eigenvalue weighted by atomic mass is 19.1. The molecule has 1 amide bonds. The van der Waals surface area contributed by atoms with E-state index in [1.165, 1.54) is 12.1 Å². The van der Waals surface area contributed by atoms with Gasteiger partial charge in [0.25, 0.3) is 5.91 Å². The first-order valence-corrected chi connectivity index (χ1v) is 6.83. The molecule has 1 rings (SSSR count). The van der Waals surface area contributed by atoms with Crippen molar-refractivity contribution in [3.05, 3.63) is 29.3 Å². The van der Waals surface area contributed by atoms with Crippen LogP contribution in [0.2, 0.25) is 0 Å². The highest BCUT2D eigenvalue weighted by molar-refractivity contribution is 5.79. The third kappa shape index (κ3) is 5.30. The number of nitrogens with one attached hydrogen (secondary N) is 1. The van der Waals surface area contributed by atoms with Crippen LogP contribution in [-0.2, 0) is 11.3 Å². The standard InChI is InChI=1S/C15H22F2N2O2/c1-5-12(14(18)20)21-13-10(16)6-9(7-11(13)17)8-19-15(2,3)4/h6-7,12,19H,5,8H2,1-4H3,(H2,18,20). The summed E-state index contributed by atoms with van der Waals surface area (Å²) in [4.78, 5) is 11.1. The average molecular weight is 300 g/mol. The normalized spacial score (nSPS) is 13.0. The van der Waals surface area contributed by atoms with Gasteiger partial charge < -0.3 is 15.8 Å². The van der Waals surface area contributed by atoms with Gasteiger partial charge in [-0.3, -0.25) is 4.79 Å². The zero-order chi connectivity index (χ0) is 16.2. The minimum Gasteiger partial charge on any atom is -0.474 e. The van der Waals surface area contributed by atoms with Crippen molar-refractivity contribution in [3.63, 3.8) is 0 Å². The molecule has 21 heavy (non-hydrogen) atoms. The van der Waals surface area contributed by atoms with Gasteiger partial charge in [0.2, 0.25) is 0 Å². The minimum atomic E-state index is -1.05. The lowest BCUT2D eigenvalue weighted by Crippen LogP contribution is -2.35. The number of carbonyl (C=O) groups excluding carboxylic acids is 1. The molecule has 0 fully saturated rings. The maximum atomic E-state index is 13.9. The topological polar surface area (TPSA) is 64.3 Å². The molecule has 0 spiro atoms. The van der Waals surface area contributed by atoms with Gasteiger partial charge in [-0.2, -0.15) is 0 Å². The first-order valence-electron chi connectivity index (χ1n) is 6.83. The van der Waals surface area contributed by atoms with Crippen molar-refractivity contribution >= 4 is 5.91 Å².